The molecule has 2 aliphatic heterocycles. The van der Waals surface area contributed by atoms with E-state index in [2.05, 4.69) is 4.90 Å². The van der Waals surface area contributed by atoms with Crippen molar-refractivity contribution in [1.82, 2.24) is 9.80 Å². The molecule has 0 bridgehead atoms. The van der Waals surface area contributed by atoms with Crippen molar-refractivity contribution in [3.8, 4) is 0 Å². The second-order valence-electron chi connectivity index (χ2n) is 5.44. The van der Waals surface area contributed by atoms with E-state index in [-0.39, 0.29) is 12.0 Å². The Balaban J connectivity index is 1.82. The highest BCUT2D eigenvalue weighted by Crippen LogP contribution is 2.21. The Bertz CT molecular complexity index is 262. The van der Waals surface area contributed by atoms with E-state index in [9.17, 15) is 9.90 Å². The predicted octanol–water partition coefficient (Wildman–Crippen LogP) is 0.844. The number of likely N-dealkylation sites (tertiary alicyclic amines) is 2. The Morgan fingerprint density at radius 1 is 1.29 bits per heavy atom. The maximum absolute atomic E-state index is 12.1. The summed E-state index contributed by atoms with van der Waals surface area (Å²) in [5, 5.41) is 9.45. The summed E-state index contributed by atoms with van der Waals surface area (Å²) in [5.41, 5.74) is 0. The molecule has 0 radical (unpaired) electrons. The van der Waals surface area contributed by atoms with Crippen LogP contribution in [-0.2, 0) is 4.79 Å². The minimum atomic E-state index is -0.262. The fourth-order valence-corrected chi connectivity index (χ4v) is 3.00. The van der Waals surface area contributed by atoms with E-state index in [1.54, 1.807) is 0 Å². The standard InChI is InChI=1S/C13H24N2O2/c1-11(16)9-12-5-4-8-15(12)10-13(17)14-6-2-3-7-14/h11-12,16H,2-10H2,1H3. The Hall–Kier alpha value is -0.610. The zero-order valence-corrected chi connectivity index (χ0v) is 10.8. The van der Waals surface area contributed by atoms with Crippen LogP contribution in [0, 0.1) is 0 Å². The molecular weight excluding hydrogens is 216 g/mol. The average molecular weight is 240 g/mol. The molecule has 2 atom stereocenters. The number of amides is 1. The first-order chi connectivity index (χ1) is 8.16. The molecule has 0 saturated carbocycles. The fourth-order valence-electron chi connectivity index (χ4n) is 3.00. The maximum Gasteiger partial charge on any atom is 0.236 e. The lowest BCUT2D eigenvalue weighted by Gasteiger charge is -2.27. The third-order valence-corrected chi connectivity index (χ3v) is 3.91. The zero-order valence-electron chi connectivity index (χ0n) is 10.8. The van der Waals surface area contributed by atoms with Crippen LogP contribution in [-0.4, -0.2) is 59.1 Å². The third-order valence-electron chi connectivity index (χ3n) is 3.91. The van der Waals surface area contributed by atoms with Gasteiger partial charge in [-0.1, -0.05) is 0 Å². The smallest absolute Gasteiger partial charge is 0.236 e. The van der Waals surface area contributed by atoms with Gasteiger partial charge in [-0.15, -0.1) is 0 Å². The minimum Gasteiger partial charge on any atom is -0.393 e. The molecule has 0 aliphatic carbocycles. The quantitative estimate of drug-likeness (QED) is 0.792. The number of hydrogen-bond donors (Lipinski definition) is 1. The summed E-state index contributed by atoms with van der Waals surface area (Å²) in [6, 6.07) is 0.404. The number of rotatable bonds is 4. The summed E-state index contributed by atoms with van der Waals surface area (Å²) < 4.78 is 0. The number of aliphatic hydroxyl groups excluding tert-OH is 1. The van der Waals surface area contributed by atoms with Crippen molar-refractivity contribution in [2.75, 3.05) is 26.2 Å². The molecule has 0 aromatic rings. The second-order valence-corrected chi connectivity index (χ2v) is 5.44. The Morgan fingerprint density at radius 3 is 2.65 bits per heavy atom. The van der Waals surface area contributed by atoms with E-state index in [1.165, 1.54) is 0 Å². The van der Waals surface area contributed by atoms with Crippen molar-refractivity contribution in [3.05, 3.63) is 0 Å². The van der Waals surface area contributed by atoms with Gasteiger partial charge in [-0.2, -0.15) is 0 Å². The van der Waals surface area contributed by atoms with Gasteiger partial charge in [0.15, 0.2) is 0 Å². The topological polar surface area (TPSA) is 43.8 Å². The Labute approximate surface area is 104 Å². The van der Waals surface area contributed by atoms with Crippen LogP contribution in [0.3, 0.4) is 0 Å². The summed E-state index contributed by atoms with van der Waals surface area (Å²) in [4.78, 5) is 16.3. The van der Waals surface area contributed by atoms with Gasteiger partial charge in [0.25, 0.3) is 0 Å². The number of carbonyl (C=O) groups is 1. The van der Waals surface area contributed by atoms with Gasteiger partial charge in [0.2, 0.25) is 5.91 Å². The van der Waals surface area contributed by atoms with E-state index in [1.807, 2.05) is 11.8 Å². The molecule has 1 N–H and O–H groups in total. The molecule has 2 saturated heterocycles. The molecular formula is C13H24N2O2. The summed E-state index contributed by atoms with van der Waals surface area (Å²) in [6.07, 6.45) is 5.13. The van der Waals surface area contributed by atoms with E-state index in [4.69, 9.17) is 0 Å². The summed E-state index contributed by atoms with van der Waals surface area (Å²) in [7, 11) is 0. The summed E-state index contributed by atoms with van der Waals surface area (Å²) >= 11 is 0. The predicted molar refractivity (Wildman–Crippen MR) is 66.7 cm³/mol. The summed E-state index contributed by atoms with van der Waals surface area (Å²) in [5.74, 6) is 0.278. The zero-order chi connectivity index (χ0) is 12.3. The molecule has 2 unspecified atom stereocenters. The van der Waals surface area contributed by atoms with Crippen LogP contribution in [0.2, 0.25) is 0 Å². The van der Waals surface area contributed by atoms with Gasteiger partial charge < -0.3 is 10.0 Å². The number of carbonyl (C=O) groups excluding carboxylic acids is 1. The largest absolute Gasteiger partial charge is 0.393 e. The minimum absolute atomic E-state index is 0.262. The lowest BCUT2D eigenvalue weighted by molar-refractivity contribution is -0.131. The van der Waals surface area contributed by atoms with Gasteiger partial charge in [-0.3, -0.25) is 9.69 Å². The monoisotopic (exact) mass is 240 g/mol. The van der Waals surface area contributed by atoms with Crippen LogP contribution in [0.15, 0.2) is 0 Å². The molecule has 2 aliphatic rings. The van der Waals surface area contributed by atoms with Gasteiger partial charge in [0.1, 0.15) is 0 Å². The lowest BCUT2D eigenvalue weighted by atomic mass is 10.1. The van der Waals surface area contributed by atoms with Crippen LogP contribution in [0.5, 0.6) is 0 Å². The van der Waals surface area contributed by atoms with Crippen LogP contribution in [0.4, 0.5) is 0 Å². The van der Waals surface area contributed by atoms with Gasteiger partial charge in [-0.25, -0.2) is 0 Å². The van der Waals surface area contributed by atoms with Crippen molar-refractivity contribution in [2.45, 2.75) is 51.2 Å². The van der Waals surface area contributed by atoms with Crippen molar-refractivity contribution >= 4 is 5.91 Å². The molecule has 4 nitrogen and oxygen atoms in total. The average Bonchev–Trinajstić information content (AvgIpc) is 2.89. The highest BCUT2D eigenvalue weighted by molar-refractivity contribution is 5.78. The first kappa shape index (κ1) is 12.8. The molecule has 17 heavy (non-hydrogen) atoms. The van der Waals surface area contributed by atoms with Gasteiger partial charge in [0, 0.05) is 19.1 Å². The lowest BCUT2D eigenvalue weighted by Crippen LogP contribution is -2.41. The molecule has 4 heteroatoms. The SMILES string of the molecule is CC(O)CC1CCCN1CC(=O)N1CCCC1. The van der Waals surface area contributed by atoms with Crippen LogP contribution >= 0.6 is 0 Å². The first-order valence-electron chi connectivity index (χ1n) is 6.86. The van der Waals surface area contributed by atoms with E-state index in [0.29, 0.717) is 12.6 Å². The molecule has 0 spiro atoms. The highest BCUT2D eigenvalue weighted by atomic mass is 16.3. The molecule has 1 amide bonds. The molecule has 2 fully saturated rings. The number of aliphatic hydroxyl groups is 1. The van der Waals surface area contributed by atoms with Crippen molar-refractivity contribution in [1.29, 1.82) is 0 Å². The normalized spacial score (nSPS) is 27.6. The van der Waals surface area contributed by atoms with Gasteiger partial charge in [-0.05, 0) is 45.6 Å². The van der Waals surface area contributed by atoms with Crippen molar-refractivity contribution in [2.24, 2.45) is 0 Å². The van der Waals surface area contributed by atoms with Crippen LogP contribution < -0.4 is 0 Å². The Kier molecular flexibility index (Phi) is 4.40. The molecule has 0 aromatic carbocycles. The van der Waals surface area contributed by atoms with E-state index >= 15 is 0 Å². The molecule has 0 aromatic heterocycles. The maximum atomic E-state index is 12.1. The van der Waals surface area contributed by atoms with Crippen molar-refractivity contribution in [3.63, 3.8) is 0 Å². The van der Waals surface area contributed by atoms with Crippen molar-refractivity contribution < 1.29 is 9.90 Å². The Morgan fingerprint density at radius 2 is 2.00 bits per heavy atom. The van der Waals surface area contributed by atoms with E-state index < -0.39 is 0 Å². The number of hydrogen-bond acceptors (Lipinski definition) is 3. The first-order valence-corrected chi connectivity index (χ1v) is 6.86. The highest BCUT2D eigenvalue weighted by Gasteiger charge is 2.29. The molecule has 2 rings (SSSR count). The second kappa shape index (κ2) is 5.83. The van der Waals surface area contributed by atoms with Crippen LogP contribution in [0.25, 0.3) is 0 Å². The third kappa shape index (κ3) is 3.42. The van der Waals surface area contributed by atoms with Gasteiger partial charge >= 0.3 is 0 Å². The molecule has 98 valence electrons. The summed E-state index contributed by atoms with van der Waals surface area (Å²) in [6.45, 7) is 5.27. The molecule has 2 heterocycles. The van der Waals surface area contributed by atoms with Crippen LogP contribution in [0.1, 0.15) is 39.0 Å². The fraction of sp³-hybridized carbons (Fsp3) is 0.923. The van der Waals surface area contributed by atoms with Gasteiger partial charge in [0.05, 0.1) is 12.6 Å². The van der Waals surface area contributed by atoms with E-state index in [0.717, 1.165) is 51.7 Å². The number of nitrogens with zero attached hydrogens (tertiary/aromatic N) is 2.